The molecular weight excluding hydrogens is 268 g/mol. The number of nitrogen functional groups attached to an aromatic ring is 1. The Kier molecular flexibility index (Phi) is 3.92. The minimum Gasteiger partial charge on any atom is -0.461 e. The normalized spacial score (nSPS) is 10.7. The molecule has 1 aromatic heterocycles. The highest BCUT2D eigenvalue weighted by Crippen LogP contribution is 2.20. The lowest BCUT2D eigenvalue weighted by Gasteiger charge is -2.10. The van der Waals surface area contributed by atoms with Crippen LogP contribution in [-0.2, 0) is 0 Å². The first kappa shape index (κ1) is 13.9. The van der Waals surface area contributed by atoms with Crippen LogP contribution >= 0.6 is 0 Å². The topological polar surface area (TPSA) is 86.0 Å². The SMILES string of the molecule is CC(C)Oc1nc(N)nc(Nc2cc(F)ccc2F)n1. The number of nitrogens with one attached hydrogen (secondary N) is 1. The number of hydrogen-bond donors (Lipinski definition) is 2. The van der Waals surface area contributed by atoms with Gasteiger partial charge in [0.1, 0.15) is 11.6 Å². The van der Waals surface area contributed by atoms with Crippen LogP contribution in [0.25, 0.3) is 0 Å². The van der Waals surface area contributed by atoms with Crippen LogP contribution in [-0.4, -0.2) is 21.1 Å². The fourth-order valence-corrected chi connectivity index (χ4v) is 1.41. The van der Waals surface area contributed by atoms with E-state index in [-0.39, 0.29) is 29.7 Å². The Morgan fingerprint density at radius 3 is 2.65 bits per heavy atom. The van der Waals surface area contributed by atoms with Crippen LogP contribution in [0.2, 0.25) is 0 Å². The highest BCUT2D eigenvalue weighted by atomic mass is 19.1. The van der Waals surface area contributed by atoms with Crippen LogP contribution in [0.5, 0.6) is 6.01 Å². The number of anilines is 3. The Morgan fingerprint density at radius 1 is 1.20 bits per heavy atom. The van der Waals surface area contributed by atoms with E-state index in [1.54, 1.807) is 13.8 Å². The van der Waals surface area contributed by atoms with Crippen molar-refractivity contribution in [3.63, 3.8) is 0 Å². The van der Waals surface area contributed by atoms with Crippen molar-refractivity contribution < 1.29 is 13.5 Å². The molecule has 6 nitrogen and oxygen atoms in total. The maximum atomic E-state index is 13.5. The zero-order valence-electron chi connectivity index (χ0n) is 10.9. The van der Waals surface area contributed by atoms with Crippen molar-refractivity contribution in [1.29, 1.82) is 0 Å². The molecule has 3 N–H and O–H groups in total. The molecule has 0 unspecified atom stereocenters. The molecule has 2 rings (SSSR count). The molecule has 0 saturated carbocycles. The van der Waals surface area contributed by atoms with E-state index in [0.29, 0.717) is 0 Å². The number of aromatic nitrogens is 3. The monoisotopic (exact) mass is 281 g/mol. The van der Waals surface area contributed by atoms with Crippen molar-refractivity contribution >= 4 is 17.6 Å². The molecule has 0 aliphatic heterocycles. The van der Waals surface area contributed by atoms with Gasteiger partial charge < -0.3 is 15.8 Å². The van der Waals surface area contributed by atoms with Crippen LogP contribution < -0.4 is 15.8 Å². The van der Waals surface area contributed by atoms with Crippen LogP contribution in [0.3, 0.4) is 0 Å². The van der Waals surface area contributed by atoms with Gasteiger partial charge >= 0.3 is 6.01 Å². The molecule has 1 heterocycles. The molecule has 2 aromatic rings. The summed E-state index contributed by atoms with van der Waals surface area (Å²) in [6.07, 6.45) is -0.157. The Morgan fingerprint density at radius 2 is 1.95 bits per heavy atom. The minimum atomic E-state index is -0.642. The van der Waals surface area contributed by atoms with Crippen molar-refractivity contribution in [2.45, 2.75) is 20.0 Å². The van der Waals surface area contributed by atoms with Gasteiger partial charge in [0.15, 0.2) is 0 Å². The molecular formula is C12H13F2N5O. The third-order valence-electron chi connectivity index (χ3n) is 2.15. The molecule has 0 bridgehead atoms. The zero-order valence-corrected chi connectivity index (χ0v) is 10.9. The number of ether oxygens (including phenoxy) is 1. The Balaban J connectivity index is 2.28. The summed E-state index contributed by atoms with van der Waals surface area (Å²) in [5.74, 6) is -1.35. The number of rotatable bonds is 4. The standard InChI is InChI=1S/C12H13F2N5O/c1-6(2)20-12-18-10(15)17-11(19-12)16-9-5-7(13)3-4-8(9)14/h3-6H,1-2H3,(H3,15,16,17,18,19). The van der Waals surface area contributed by atoms with E-state index in [0.717, 1.165) is 18.2 Å². The first-order valence-corrected chi connectivity index (χ1v) is 5.84. The second-order valence-corrected chi connectivity index (χ2v) is 4.22. The fourth-order valence-electron chi connectivity index (χ4n) is 1.41. The molecule has 0 atom stereocenters. The number of benzene rings is 1. The first-order valence-electron chi connectivity index (χ1n) is 5.84. The molecule has 0 spiro atoms. The van der Waals surface area contributed by atoms with Crippen LogP contribution in [0, 0.1) is 11.6 Å². The van der Waals surface area contributed by atoms with E-state index >= 15 is 0 Å². The molecule has 0 aliphatic rings. The second kappa shape index (κ2) is 5.64. The van der Waals surface area contributed by atoms with E-state index in [1.807, 2.05) is 0 Å². The van der Waals surface area contributed by atoms with Crippen molar-refractivity contribution in [3.05, 3.63) is 29.8 Å². The van der Waals surface area contributed by atoms with Gasteiger partial charge in [0.25, 0.3) is 0 Å². The van der Waals surface area contributed by atoms with E-state index in [1.165, 1.54) is 0 Å². The molecule has 106 valence electrons. The van der Waals surface area contributed by atoms with Gasteiger partial charge in [-0.1, -0.05) is 0 Å². The van der Waals surface area contributed by atoms with Gasteiger partial charge in [-0.2, -0.15) is 15.0 Å². The average Bonchev–Trinajstić information content (AvgIpc) is 2.32. The molecule has 8 heteroatoms. The molecule has 20 heavy (non-hydrogen) atoms. The maximum Gasteiger partial charge on any atom is 0.323 e. The summed E-state index contributed by atoms with van der Waals surface area (Å²) in [6.45, 7) is 3.58. The van der Waals surface area contributed by atoms with Gasteiger partial charge in [0, 0.05) is 6.07 Å². The van der Waals surface area contributed by atoms with Crippen LogP contribution in [0.1, 0.15) is 13.8 Å². The quantitative estimate of drug-likeness (QED) is 0.894. The summed E-state index contributed by atoms with van der Waals surface area (Å²) in [5, 5.41) is 2.53. The van der Waals surface area contributed by atoms with Gasteiger partial charge in [0.2, 0.25) is 11.9 Å². The van der Waals surface area contributed by atoms with Gasteiger partial charge in [-0.15, -0.1) is 0 Å². The van der Waals surface area contributed by atoms with Crippen LogP contribution in [0.4, 0.5) is 26.4 Å². The summed E-state index contributed by atoms with van der Waals surface area (Å²) in [4.78, 5) is 11.5. The number of nitrogens with zero attached hydrogens (tertiary/aromatic N) is 3. The molecule has 0 radical (unpaired) electrons. The Labute approximate surface area is 114 Å². The molecule has 0 aliphatic carbocycles. The molecule has 0 amide bonds. The highest BCUT2D eigenvalue weighted by molar-refractivity contribution is 5.54. The van der Waals surface area contributed by atoms with Crippen LogP contribution in [0.15, 0.2) is 18.2 Å². The molecule has 0 fully saturated rings. The lowest BCUT2D eigenvalue weighted by Crippen LogP contribution is -2.12. The average molecular weight is 281 g/mol. The summed E-state index contributed by atoms with van der Waals surface area (Å²) < 4.78 is 31.9. The fraction of sp³-hybridized carbons (Fsp3) is 0.250. The summed E-state index contributed by atoms with van der Waals surface area (Å²) in [5.41, 5.74) is 5.40. The summed E-state index contributed by atoms with van der Waals surface area (Å²) in [6, 6.07) is 2.99. The Hall–Kier alpha value is -2.51. The van der Waals surface area contributed by atoms with Gasteiger partial charge in [-0.3, -0.25) is 0 Å². The van der Waals surface area contributed by atoms with Crippen molar-refractivity contribution in [2.24, 2.45) is 0 Å². The molecule has 1 aromatic carbocycles. The van der Waals surface area contributed by atoms with E-state index in [9.17, 15) is 8.78 Å². The van der Waals surface area contributed by atoms with Gasteiger partial charge in [-0.25, -0.2) is 8.78 Å². The third kappa shape index (κ3) is 3.50. The van der Waals surface area contributed by atoms with E-state index in [4.69, 9.17) is 10.5 Å². The Bertz CT molecular complexity index is 621. The molecule has 0 saturated heterocycles. The lowest BCUT2D eigenvalue weighted by molar-refractivity contribution is 0.222. The zero-order chi connectivity index (χ0) is 14.7. The highest BCUT2D eigenvalue weighted by Gasteiger charge is 2.10. The first-order chi connectivity index (χ1) is 9.44. The minimum absolute atomic E-state index is 0.00631. The van der Waals surface area contributed by atoms with E-state index < -0.39 is 11.6 Å². The second-order valence-electron chi connectivity index (χ2n) is 4.22. The third-order valence-corrected chi connectivity index (χ3v) is 2.15. The number of hydrogen-bond acceptors (Lipinski definition) is 6. The maximum absolute atomic E-state index is 13.5. The van der Waals surface area contributed by atoms with Gasteiger partial charge in [-0.05, 0) is 26.0 Å². The van der Waals surface area contributed by atoms with Crippen molar-refractivity contribution in [2.75, 3.05) is 11.1 Å². The summed E-state index contributed by atoms with van der Waals surface area (Å²) >= 11 is 0. The number of halogens is 2. The van der Waals surface area contributed by atoms with Crippen molar-refractivity contribution in [3.8, 4) is 6.01 Å². The lowest BCUT2D eigenvalue weighted by atomic mass is 10.3. The summed E-state index contributed by atoms with van der Waals surface area (Å²) in [7, 11) is 0. The predicted octanol–water partition coefficient (Wildman–Crippen LogP) is 2.26. The van der Waals surface area contributed by atoms with Gasteiger partial charge in [0.05, 0.1) is 11.8 Å². The van der Waals surface area contributed by atoms with Crippen molar-refractivity contribution in [1.82, 2.24) is 15.0 Å². The largest absolute Gasteiger partial charge is 0.461 e. The predicted molar refractivity (Wildman–Crippen MR) is 69.6 cm³/mol. The van der Waals surface area contributed by atoms with E-state index in [2.05, 4.69) is 20.3 Å². The number of nitrogens with two attached hydrogens (primary N) is 1. The smallest absolute Gasteiger partial charge is 0.323 e.